The van der Waals surface area contributed by atoms with E-state index in [2.05, 4.69) is 66.2 Å². The fourth-order valence-corrected chi connectivity index (χ4v) is 2.92. The zero-order valence-corrected chi connectivity index (χ0v) is 12.7. The third-order valence-corrected chi connectivity index (χ3v) is 4.12. The molecule has 2 rings (SSSR count). The summed E-state index contributed by atoms with van der Waals surface area (Å²) in [7, 11) is 4.12. The van der Waals surface area contributed by atoms with Crippen molar-refractivity contribution in [1.82, 2.24) is 14.9 Å². The molecule has 3 nitrogen and oxygen atoms in total. The topological polar surface area (TPSA) is 29.9 Å². The van der Waals surface area contributed by atoms with Gasteiger partial charge in [-0.25, -0.2) is 4.98 Å². The van der Waals surface area contributed by atoms with Crippen LogP contribution in [0.4, 0.5) is 0 Å². The van der Waals surface area contributed by atoms with Gasteiger partial charge in [0.1, 0.15) is 5.82 Å². The van der Waals surface area contributed by atoms with Gasteiger partial charge in [-0.05, 0) is 31.4 Å². The maximum atomic E-state index is 4.42. The molecule has 2 unspecified atom stereocenters. The Labute approximate surface area is 122 Å². The summed E-state index contributed by atoms with van der Waals surface area (Å²) in [6, 6.07) is 11.3. The Kier molecular flexibility index (Phi) is 5.36. The normalized spacial score (nSPS) is 14.2. The molecular weight excluding hydrogens is 246 g/mol. The number of nitrogens with one attached hydrogen (secondary N) is 1. The highest BCUT2D eigenvalue weighted by Crippen LogP contribution is 2.25. The van der Waals surface area contributed by atoms with Crippen LogP contribution < -0.4 is 5.32 Å². The number of likely N-dealkylation sites (N-methyl/N-ethyl adjacent to an activating group) is 1. The van der Waals surface area contributed by atoms with E-state index in [1.165, 1.54) is 5.56 Å². The standard InChI is InChI=1S/C17H25N3/c1-4-15(14-8-6-5-7-9-14)16(18-2)10-11-17-19-12-13-20(17)3/h5-9,12-13,15-16,18H,4,10-11H2,1-3H3. The van der Waals surface area contributed by atoms with Gasteiger partial charge in [0.25, 0.3) is 0 Å². The minimum Gasteiger partial charge on any atom is -0.338 e. The van der Waals surface area contributed by atoms with E-state index >= 15 is 0 Å². The van der Waals surface area contributed by atoms with Crippen LogP contribution in [-0.4, -0.2) is 22.6 Å². The smallest absolute Gasteiger partial charge is 0.108 e. The van der Waals surface area contributed by atoms with Crippen LogP contribution in [-0.2, 0) is 13.5 Å². The molecule has 108 valence electrons. The van der Waals surface area contributed by atoms with E-state index < -0.39 is 0 Å². The Morgan fingerprint density at radius 3 is 2.55 bits per heavy atom. The first-order valence-electron chi connectivity index (χ1n) is 7.44. The number of nitrogens with zero attached hydrogens (tertiary/aromatic N) is 2. The summed E-state index contributed by atoms with van der Waals surface area (Å²) in [6.07, 6.45) is 7.15. The van der Waals surface area contributed by atoms with Crippen molar-refractivity contribution in [3.8, 4) is 0 Å². The van der Waals surface area contributed by atoms with Crippen LogP contribution in [0.5, 0.6) is 0 Å². The molecule has 3 heteroatoms. The van der Waals surface area contributed by atoms with E-state index in [-0.39, 0.29) is 0 Å². The third kappa shape index (κ3) is 3.48. The van der Waals surface area contributed by atoms with Crippen LogP contribution in [0, 0.1) is 0 Å². The quantitative estimate of drug-likeness (QED) is 0.838. The average molecular weight is 271 g/mol. The molecule has 0 fully saturated rings. The predicted octanol–water partition coefficient (Wildman–Crippen LogP) is 3.13. The van der Waals surface area contributed by atoms with Gasteiger partial charge in [0.2, 0.25) is 0 Å². The molecule has 0 radical (unpaired) electrons. The van der Waals surface area contributed by atoms with Gasteiger partial charge in [0.05, 0.1) is 0 Å². The number of aromatic nitrogens is 2. The van der Waals surface area contributed by atoms with Crippen LogP contribution in [0.2, 0.25) is 0 Å². The Balaban J connectivity index is 2.04. The van der Waals surface area contributed by atoms with Crippen molar-refractivity contribution in [3.05, 3.63) is 54.1 Å². The minimum atomic E-state index is 0.485. The zero-order chi connectivity index (χ0) is 14.4. The van der Waals surface area contributed by atoms with E-state index in [9.17, 15) is 0 Å². The number of hydrogen-bond acceptors (Lipinski definition) is 2. The molecule has 0 bridgehead atoms. The highest BCUT2D eigenvalue weighted by Gasteiger charge is 2.20. The first-order valence-corrected chi connectivity index (χ1v) is 7.44. The van der Waals surface area contributed by atoms with Crippen molar-refractivity contribution >= 4 is 0 Å². The number of hydrogen-bond donors (Lipinski definition) is 1. The Hall–Kier alpha value is -1.61. The van der Waals surface area contributed by atoms with Crippen LogP contribution >= 0.6 is 0 Å². The number of aryl methyl sites for hydroxylation is 2. The molecule has 1 heterocycles. The fourth-order valence-electron chi connectivity index (χ4n) is 2.92. The predicted molar refractivity (Wildman–Crippen MR) is 83.9 cm³/mol. The molecule has 0 aliphatic rings. The first kappa shape index (κ1) is 14.8. The molecule has 20 heavy (non-hydrogen) atoms. The van der Waals surface area contributed by atoms with Gasteiger partial charge in [0, 0.05) is 31.9 Å². The lowest BCUT2D eigenvalue weighted by Crippen LogP contribution is -2.32. The molecule has 0 saturated heterocycles. The van der Waals surface area contributed by atoms with Crippen molar-refractivity contribution < 1.29 is 0 Å². The van der Waals surface area contributed by atoms with Gasteiger partial charge in [0.15, 0.2) is 0 Å². The van der Waals surface area contributed by atoms with Crippen LogP contribution in [0.15, 0.2) is 42.7 Å². The molecule has 0 amide bonds. The summed E-state index contributed by atoms with van der Waals surface area (Å²) >= 11 is 0. The van der Waals surface area contributed by atoms with Crippen LogP contribution in [0.25, 0.3) is 0 Å². The van der Waals surface area contributed by atoms with E-state index in [4.69, 9.17) is 0 Å². The van der Waals surface area contributed by atoms with Gasteiger partial charge in [-0.2, -0.15) is 0 Å². The average Bonchev–Trinajstić information content (AvgIpc) is 2.90. The van der Waals surface area contributed by atoms with Gasteiger partial charge >= 0.3 is 0 Å². The lowest BCUT2D eigenvalue weighted by Gasteiger charge is -2.26. The summed E-state index contributed by atoms with van der Waals surface area (Å²) in [6.45, 7) is 2.27. The second kappa shape index (κ2) is 7.25. The number of imidazole rings is 1. The zero-order valence-electron chi connectivity index (χ0n) is 12.7. The molecule has 2 aromatic rings. The third-order valence-electron chi connectivity index (χ3n) is 4.12. The van der Waals surface area contributed by atoms with Crippen molar-refractivity contribution in [2.24, 2.45) is 7.05 Å². The molecule has 1 N–H and O–H groups in total. The first-order chi connectivity index (χ1) is 9.76. The van der Waals surface area contributed by atoms with Crippen molar-refractivity contribution in [2.45, 2.75) is 38.1 Å². The second-order valence-corrected chi connectivity index (χ2v) is 5.31. The maximum absolute atomic E-state index is 4.42. The van der Waals surface area contributed by atoms with Crippen molar-refractivity contribution in [3.63, 3.8) is 0 Å². The van der Waals surface area contributed by atoms with Gasteiger partial charge in [-0.15, -0.1) is 0 Å². The summed E-state index contributed by atoms with van der Waals surface area (Å²) in [5, 5.41) is 3.50. The Morgan fingerprint density at radius 2 is 2.00 bits per heavy atom. The molecule has 1 aromatic carbocycles. The lowest BCUT2D eigenvalue weighted by molar-refractivity contribution is 0.421. The Bertz CT molecular complexity index is 504. The van der Waals surface area contributed by atoms with E-state index in [0.29, 0.717) is 12.0 Å². The molecule has 1 aromatic heterocycles. The molecule has 0 saturated carbocycles. The Morgan fingerprint density at radius 1 is 1.25 bits per heavy atom. The highest BCUT2D eigenvalue weighted by atomic mass is 15.0. The molecule has 0 spiro atoms. The molecular formula is C17H25N3. The van der Waals surface area contributed by atoms with Crippen molar-refractivity contribution in [2.75, 3.05) is 7.05 Å². The SMILES string of the molecule is CCC(c1ccccc1)C(CCc1nccn1C)NC. The highest BCUT2D eigenvalue weighted by molar-refractivity contribution is 5.21. The fraction of sp³-hybridized carbons (Fsp3) is 0.471. The van der Waals surface area contributed by atoms with Gasteiger partial charge < -0.3 is 9.88 Å². The van der Waals surface area contributed by atoms with Gasteiger partial charge in [-0.1, -0.05) is 37.3 Å². The largest absolute Gasteiger partial charge is 0.338 e. The monoisotopic (exact) mass is 271 g/mol. The molecule has 0 aliphatic heterocycles. The van der Waals surface area contributed by atoms with E-state index in [1.807, 2.05) is 12.4 Å². The van der Waals surface area contributed by atoms with Crippen LogP contribution in [0.1, 0.15) is 37.1 Å². The molecule has 2 atom stereocenters. The van der Waals surface area contributed by atoms with E-state index in [1.54, 1.807) is 0 Å². The van der Waals surface area contributed by atoms with Gasteiger partial charge in [-0.3, -0.25) is 0 Å². The number of rotatable bonds is 7. The summed E-state index contributed by atoms with van der Waals surface area (Å²) in [5.41, 5.74) is 1.43. The maximum Gasteiger partial charge on any atom is 0.108 e. The molecule has 0 aliphatic carbocycles. The number of benzene rings is 1. The lowest BCUT2D eigenvalue weighted by atomic mass is 9.86. The summed E-state index contributed by atoms with van der Waals surface area (Å²) in [4.78, 5) is 4.42. The minimum absolute atomic E-state index is 0.485. The second-order valence-electron chi connectivity index (χ2n) is 5.31. The van der Waals surface area contributed by atoms with E-state index in [0.717, 1.165) is 25.1 Å². The summed E-state index contributed by atoms with van der Waals surface area (Å²) in [5.74, 6) is 1.72. The summed E-state index contributed by atoms with van der Waals surface area (Å²) < 4.78 is 2.11. The van der Waals surface area contributed by atoms with Crippen molar-refractivity contribution in [1.29, 1.82) is 0 Å². The van der Waals surface area contributed by atoms with Crippen LogP contribution in [0.3, 0.4) is 0 Å².